The van der Waals surface area contributed by atoms with Gasteiger partial charge in [0.05, 0.1) is 11.9 Å². The van der Waals surface area contributed by atoms with Gasteiger partial charge in [-0.1, -0.05) is 29.8 Å². The molecule has 0 aliphatic carbocycles. The Morgan fingerprint density at radius 3 is 2.60 bits per heavy atom. The molecule has 2 aromatic rings. The number of hydrogen-bond acceptors (Lipinski definition) is 4. The number of amides is 1. The van der Waals surface area contributed by atoms with Crippen LogP contribution in [-0.4, -0.2) is 38.9 Å². The van der Waals surface area contributed by atoms with E-state index in [1.807, 2.05) is 26.0 Å². The minimum atomic E-state index is -3.67. The lowest BCUT2D eigenvalue weighted by molar-refractivity contribution is -0.121. The van der Waals surface area contributed by atoms with E-state index in [2.05, 4.69) is 5.32 Å². The minimum Gasteiger partial charge on any atom is -0.353 e. The molecule has 0 spiro atoms. The van der Waals surface area contributed by atoms with Crippen LogP contribution in [0.1, 0.15) is 23.6 Å². The molecule has 1 atom stereocenters. The second-order valence-corrected chi connectivity index (χ2v) is 10.4. The third kappa shape index (κ3) is 6.36. The smallest absolute Gasteiger partial charge is 0.243 e. The maximum atomic E-state index is 13.8. The first-order valence-corrected chi connectivity index (χ1v) is 12.8. The number of nitrogens with zero attached hydrogens (tertiary/aromatic N) is 1. The predicted octanol–water partition coefficient (Wildman–Crippen LogP) is 4.30. The molecule has 0 aliphatic heterocycles. The summed E-state index contributed by atoms with van der Waals surface area (Å²) in [7, 11) is -3.67. The van der Waals surface area contributed by atoms with Crippen molar-refractivity contribution in [2.24, 2.45) is 0 Å². The van der Waals surface area contributed by atoms with Crippen molar-refractivity contribution >= 4 is 45.0 Å². The lowest BCUT2D eigenvalue weighted by Crippen LogP contribution is -2.48. The van der Waals surface area contributed by atoms with Crippen LogP contribution >= 0.6 is 23.4 Å². The quantitative estimate of drug-likeness (QED) is 0.552. The average Bonchev–Trinajstić information content (AvgIpc) is 2.65. The minimum absolute atomic E-state index is 0.324. The van der Waals surface area contributed by atoms with Crippen molar-refractivity contribution in [3.05, 3.63) is 63.9 Å². The van der Waals surface area contributed by atoms with Crippen LogP contribution in [0.2, 0.25) is 5.02 Å². The molecule has 30 heavy (non-hydrogen) atoms. The number of nitrogens with one attached hydrogen (secondary N) is 1. The van der Waals surface area contributed by atoms with E-state index in [1.54, 1.807) is 25.1 Å². The van der Waals surface area contributed by atoms with Gasteiger partial charge in [0, 0.05) is 28.6 Å². The molecule has 0 bridgehead atoms. The van der Waals surface area contributed by atoms with Crippen molar-refractivity contribution in [3.8, 4) is 0 Å². The SMILES string of the molecule is Cc1ccc(C)c(N([C@@H](C)C(=O)NCCSCc2c(F)cccc2Cl)S(C)(=O)=O)c1. The predicted molar refractivity (Wildman–Crippen MR) is 123 cm³/mol. The molecule has 2 rings (SSSR count). The maximum absolute atomic E-state index is 13.8. The summed E-state index contributed by atoms with van der Waals surface area (Å²) in [6.07, 6.45) is 1.09. The van der Waals surface area contributed by atoms with Crippen LogP contribution in [0.25, 0.3) is 0 Å². The zero-order valence-electron chi connectivity index (χ0n) is 17.4. The number of hydrogen-bond donors (Lipinski definition) is 1. The van der Waals surface area contributed by atoms with Gasteiger partial charge in [0.1, 0.15) is 11.9 Å². The van der Waals surface area contributed by atoms with Gasteiger partial charge in [0.15, 0.2) is 0 Å². The van der Waals surface area contributed by atoms with Gasteiger partial charge in [-0.05, 0) is 50.1 Å². The molecule has 0 aliphatic rings. The summed E-state index contributed by atoms with van der Waals surface area (Å²) < 4.78 is 39.8. The standard InChI is InChI=1S/C21H26ClFN2O3S2/c1-14-8-9-15(2)20(12-14)25(30(4,27)28)16(3)21(26)24-10-11-29-13-17-18(22)6-5-7-19(17)23/h5-9,12,16H,10-11,13H2,1-4H3,(H,24,26)/t16-/m0/s1. The Kier molecular flexibility index (Phi) is 8.58. The molecular weight excluding hydrogens is 447 g/mol. The first-order valence-electron chi connectivity index (χ1n) is 9.37. The summed E-state index contributed by atoms with van der Waals surface area (Å²) in [4.78, 5) is 12.6. The number of aryl methyl sites for hydroxylation is 2. The Morgan fingerprint density at radius 1 is 1.27 bits per heavy atom. The van der Waals surface area contributed by atoms with Gasteiger partial charge in [-0.25, -0.2) is 12.8 Å². The number of benzene rings is 2. The van der Waals surface area contributed by atoms with E-state index in [0.717, 1.165) is 21.7 Å². The van der Waals surface area contributed by atoms with Crippen LogP contribution in [0.15, 0.2) is 36.4 Å². The lowest BCUT2D eigenvalue weighted by Gasteiger charge is -2.29. The first-order chi connectivity index (χ1) is 14.0. The van der Waals surface area contributed by atoms with Crippen LogP contribution in [-0.2, 0) is 20.6 Å². The number of halogens is 2. The highest BCUT2D eigenvalue weighted by atomic mass is 35.5. The molecule has 2 aromatic carbocycles. The van der Waals surface area contributed by atoms with Crippen molar-refractivity contribution in [1.29, 1.82) is 0 Å². The van der Waals surface area contributed by atoms with E-state index in [1.165, 1.54) is 17.8 Å². The fraction of sp³-hybridized carbons (Fsp3) is 0.381. The summed E-state index contributed by atoms with van der Waals surface area (Å²) >= 11 is 7.44. The number of carbonyl (C=O) groups is 1. The summed E-state index contributed by atoms with van der Waals surface area (Å²) in [5.74, 6) is 0.163. The van der Waals surface area contributed by atoms with Crippen molar-refractivity contribution in [2.75, 3.05) is 22.9 Å². The Bertz CT molecular complexity index is 995. The fourth-order valence-electron chi connectivity index (χ4n) is 2.98. The van der Waals surface area contributed by atoms with Gasteiger partial charge >= 0.3 is 0 Å². The molecular formula is C21H26ClFN2O3S2. The second-order valence-electron chi connectivity index (χ2n) is 7.07. The third-order valence-electron chi connectivity index (χ3n) is 4.54. The largest absolute Gasteiger partial charge is 0.353 e. The zero-order valence-corrected chi connectivity index (χ0v) is 19.8. The number of sulfonamides is 1. The van der Waals surface area contributed by atoms with Crippen molar-refractivity contribution in [2.45, 2.75) is 32.6 Å². The molecule has 0 fully saturated rings. The molecule has 1 N–H and O–H groups in total. The zero-order chi connectivity index (χ0) is 22.5. The molecule has 1 amide bonds. The van der Waals surface area contributed by atoms with Gasteiger partial charge in [-0.15, -0.1) is 0 Å². The van der Waals surface area contributed by atoms with E-state index in [4.69, 9.17) is 11.6 Å². The second kappa shape index (κ2) is 10.5. The number of rotatable bonds is 9. The van der Waals surface area contributed by atoms with Gasteiger partial charge in [0.2, 0.25) is 15.9 Å². The van der Waals surface area contributed by atoms with E-state index in [9.17, 15) is 17.6 Å². The Morgan fingerprint density at radius 2 is 1.97 bits per heavy atom. The molecule has 0 saturated carbocycles. The Labute approximate surface area is 187 Å². The summed E-state index contributed by atoms with van der Waals surface area (Å²) in [6, 6.07) is 9.12. The van der Waals surface area contributed by atoms with E-state index >= 15 is 0 Å². The Balaban J connectivity index is 1.98. The first kappa shape index (κ1) is 24.5. The van der Waals surface area contributed by atoms with Crippen LogP contribution in [0.3, 0.4) is 0 Å². The molecule has 0 heterocycles. The molecule has 9 heteroatoms. The van der Waals surface area contributed by atoms with Gasteiger partial charge in [-0.3, -0.25) is 9.10 Å². The van der Waals surface area contributed by atoms with E-state index in [0.29, 0.717) is 34.3 Å². The van der Waals surface area contributed by atoms with E-state index < -0.39 is 22.0 Å². The molecule has 164 valence electrons. The summed E-state index contributed by atoms with van der Waals surface area (Å²) in [5.41, 5.74) is 2.59. The molecule has 0 saturated heterocycles. The van der Waals surface area contributed by atoms with Crippen LogP contribution in [0.5, 0.6) is 0 Å². The fourth-order valence-corrected chi connectivity index (χ4v) is 5.40. The molecule has 5 nitrogen and oxygen atoms in total. The highest BCUT2D eigenvalue weighted by Crippen LogP contribution is 2.26. The number of carbonyl (C=O) groups excluding carboxylic acids is 1. The Hall–Kier alpha value is -1.77. The van der Waals surface area contributed by atoms with Crippen LogP contribution in [0, 0.1) is 19.7 Å². The summed E-state index contributed by atoms with van der Waals surface area (Å²) in [5, 5.41) is 3.13. The highest BCUT2D eigenvalue weighted by Gasteiger charge is 2.30. The molecule has 0 aromatic heterocycles. The van der Waals surface area contributed by atoms with Crippen LogP contribution < -0.4 is 9.62 Å². The van der Waals surface area contributed by atoms with Crippen molar-refractivity contribution < 1.29 is 17.6 Å². The van der Waals surface area contributed by atoms with Gasteiger partial charge in [-0.2, -0.15) is 11.8 Å². The normalized spacial score (nSPS) is 12.5. The average molecular weight is 473 g/mol. The number of thioether (sulfide) groups is 1. The summed E-state index contributed by atoms with van der Waals surface area (Å²) in [6.45, 7) is 5.56. The molecule has 0 unspecified atom stereocenters. The van der Waals surface area contributed by atoms with Gasteiger partial charge < -0.3 is 5.32 Å². The van der Waals surface area contributed by atoms with Crippen molar-refractivity contribution in [1.82, 2.24) is 5.32 Å². The monoisotopic (exact) mass is 472 g/mol. The third-order valence-corrected chi connectivity index (χ3v) is 7.11. The topological polar surface area (TPSA) is 66.5 Å². The van der Waals surface area contributed by atoms with Crippen molar-refractivity contribution in [3.63, 3.8) is 0 Å². The van der Waals surface area contributed by atoms with Gasteiger partial charge in [0.25, 0.3) is 0 Å². The van der Waals surface area contributed by atoms with Crippen LogP contribution in [0.4, 0.5) is 10.1 Å². The number of anilines is 1. The van der Waals surface area contributed by atoms with E-state index in [-0.39, 0.29) is 5.82 Å². The highest BCUT2D eigenvalue weighted by molar-refractivity contribution is 7.98. The maximum Gasteiger partial charge on any atom is 0.243 e. The lowest BCUT2D eigenvalue weighted by atomic mass is 10.1. The molecule has 0 radical (unpaired) electrons.